The first-order valence-electron chi connectivity index (χ1n) is 10.3. The Hall–Kier alpha value is 0.0649. The molecule has 0 spiro atoms. The normalized spacial score (nSPS) is 36.5. The van der Waals surface area contributed by atoms with Gasteiger partial charge in [-0.05, 0) is 47.3 Å². The van der Waals surface area contributed by atoms with Crippen molar-refractivity contribution in [3.8, 4) is 0 Å². The van der Waals surface area contributed by atoms with Gasteiger partial charge in [-0.15, -0.1) is 0 Å². The predicted octanol–water partition coefficient (Wildman–Crippen LogP) is 6.96. The zero-order valence-corrected chi connectivity index (χ0v) is 17.6. The SMILES string of the molecule is CC(C)(C)BC1CC2C(CCCC2C(C)(C)C)CC1C(C)(C)C. The molecule has 0 radical (unpaired) electrons. The molecule has 0 aromatic heterocycles. The lowest BCUT2D eigenvalue weighted by Gasteiger charge is -2.54. The molecule has 0 aromatic carbocycles. The fourth-order valence-electron chi connectivity index (χ4n) is 6.19. The molecule has 0 amide bonds. The van der Waals surface area contributed by atoms with Crippen molar-refractivity contribution in [1.82, 2.24) is 0 Å². The van der Waals surface area contributed by atoms with E-state index in [9.17, 15) is 0 Å². The third-order valence-corrected chi connectivity index (χ3v) is 7.01. The Bertz CT molecular complexity index is 390. The zero-order valence-electron chi connectivity index (χ0n) is 17.6. The van der Waals surface area contributed by atoms with E-state index in [-0.39, 0.29) is 0 Å². The first kappa shape index (κ1) is 19.4. The molecule has 0 aliphatic heterocycles. The average molecular weight is 318 g/mol. The van der Waals surface area contributed by atoms with E-state index < -0.39 is 0 Å². The van der Waals surface area contributed by atoms with Crippen LogP contribution in [0.5, 0.6) is 0 Å². The van der Waals surface area contributed by atoms with Crippen molar-refractivity contribution in [2.75, 3.05) is 0 Å². The van der Waals surface area contributed by atoms with Crippen LogP contribution in [0.1, 0.15) is 94.4 Å². The molecule has 5 unspecified atom stereocenters. The molecule has 2 rings (SSSR count). The summed E-state index contributed by atoms with van der Waals surface area (Å²) in [6.07, 6.45) is 7.47. The highest BCUT2D eigenvalue weighted by atomic mass is 14.5. The van der Waals surface area contributed by atoms with Gasteiger partial charge in [0.05, 0.1) is 0 Å². The maximum Gasteiger partial charge on any atom is 0.130 e. The summed E-state index contributed by atoms with van der Waals surface area (Å²) in [5, 5.41) is 0.465. The Morgan fingerprint density at radius 1 is 0.696 bits per heavy atom. The summed E-state index contributed by atoms with van der Waals surface area (Å²) in [5.74, 6) is 4.80. The number of hydrogen-bond donors (Lipinski definition) is 0. The van der Waals surface area contributed by atoms with E-state index in [2.05, 4.69) is 62.3 Å². The summed E-state index contributed by atoms with van der Waals surface area (Å²) in [6, 6.07) is 0. The largest absolute Gasteiger partial charge is 0.130 e. The third kappa shape index (κ3) is 4.79. The molecule has 0 bridgehead atoms. The van der Waals surface area contributed by atoms with Crippen molar-refractivity contribution in [3.63, 3.8) is 0 Å². The quantitative estimate of drug-likeness (QED) is 0.458. The molecule has 0 aromatic rings. The van der Waals surface area contributed by atoms with E-state index >= 15 is 0 Å². The van der Waals surface area contributed by atoms with Crippen LogP contribution in [0.25, 0.3) is 0 Å². The Labute approximate surface area is 147 Å². The van der Waals surface area contributed by atoms with Gasteiger partial charge >= 0.3 is 0 Å². The highest BCUT2D eigenvalue weighted by molar-refractivity contribution is 6.41. The van der Waals surface area contributed by atoms with Crippen molar-refractivity contribution in [1.29, 1.82) is 0 Å². The van der Waals surface area contributed by atoms with Gasteiger partial charge in [-0.2, -0.15) is 0 Å². The van der Waals surface area contributed by atoms with Gasteiger partial charge in [0.25, 0.3) is 0 Å². The van der Waals surface area contributed by atoms with Crippen molar-refractivity contribution >= 4 is 7.28 Å². The molecule has 2 aliphatic rings. The van der Waals surface area contributed by atoms with Crippen molar-refractivity contribution in [2.24, 2.45) is 34.5 Å². The molecule has 0 heterocycles. The van der Waals surface area contributed by atoms with Gasteiger partial charge in [-0.1, -0.05) is 92.7 Å². The Morgan fingerprint density at radius 3 is 1.74 bits per heavy atom. The Balaban J connectivity index is 2.25. The van der Waals surface area contributed by atoms with Crippen LogP contribution in [0.4, 0.5) is 0 Å². The summed E-state index contributed by atoms with van der Waals surface area (Å²) in [7, 11) is 1.41. The summed E-state index contributed by atoms with van der Waals surface area (Å²) >= 11 is 0. The molecule has 0 saturated heterocycles. The second-order valence-corrected chi connectivity index (χ2v) is 12.3. The minimum atomic E-state index is 0.465. The topological polar surface area (TPSA) is 0 Å². The van der Waals surface area contributed by atoms with Crippen LogP contribution >= 0.6 is 0 Å². The second-order valence-electron chi connectivity index (χ2n) is 12.3. The fourth-order valence-corrected chi connectivity index (χ4v) is 6.19. The van der Waals surface area contributed by atoms with Crippen LogP contribution in [0.3, 0.4) is 0 Å². The van der Waals surface area contributed by atoms with Crippen LogP contribution in [-0.2, 0) is 0 Å². The smallest absolute Gasteiger partial charge is 0.0671 e. The third-order valence-electron chi connectivity index (χ3n) is 7.01. The van der Waals surface area contributed by atoms with Gasteiger partial charge < -0.3 is 0 Å². The van der Waals surface area contributed by atoms with E-state index in [0.29, 0.717) is 16.1 Å². The standard InChI is InChI=1S/C22H43B/c1-20(2,3)17-12-10-11-15-13-18(21(4,5)6)19(14-16(15)17)23-22(7,8)9/h15-19,23H,10-14H2,1-9H3. The summed E-state index contributed by atoms with van der Waals surface area (Å²) in [4.78, 5) is 0. The highest BCUT2D eigenvalue weighted by Crippen LogP contribution is 2.58. The van der Waals surface area contributed by atoms with Gasteiger partial charge in [0.15, 0.2) is 0 Å². The lowest BCUT2D eigenvalue weighted by atomic mass is 9.38. The molecule has 134 valence electrons. The van der Waals surface area contributed by atoms with Gasteiger partial charge in [0.1, 0.15) is 7.28 Å². The van der Waals surface area contributed by atoms with E-state index in [1.54, 1.807) is 0 Å². The van der Waals surface area contributed by atoms with Crippen LogP contribution in [0.2, 0.25) is 11.1 Å². The van der Waals surface area contributed by atoms with Gasteiger partial charge in [0.2, 0.25) is 0 Å². The monoisotopic (exact) mass is 318 g/mol. The lowest BCUT2D eigenvalue weighted by Crippen LogP contribution is -2.45. The van der Waals surface area contributed by atoms with E-state index in [1.165, 1.54) is 39.4 Å². The summed E-state index contributed by atoms with van der Waals surface area (Å²) in [6.45, 7) is 22.3. The first-order chi connectivity index (χ1) is 10.3. The molecule has 0 N–H and O–H groups in total. The van der Waals surface area contributed by atoms with Gasteiger partial charge in [-0.3, -0.25) is 0 Å². The van der Waals surface area contributed by atoms with Crippen molar-refractivity contribution in [3.05, 3.63) is 0 Å². The van der Waals surface area contributed by atoms with Gasteiger partial charge in [-0.25, -0.2) is 0 Å². The summed E-state index contributed by atoms with van der Waals surface area (Å²) < 4.78 is 0. The summed E-state index contributed by atoms with van der Waals surface area (Å²) in [5.41, 5.74) is 0.958. The van der Waals surface area contributed by atoms with E-state index in [4.69, 9.17) is 0 Å². The lowest BCUT2D eigenvalue weighted by molar-refractivity contribution is -0.00480. The molecule has 2 fully saturated rings. The van der Waals surface area contributed by atoms with Gasteiger partial charge in [0, 0.05) is 0 Å². The minimum Gasteiger partial charge on any atom is -0.0671 e. The van der Waals surface area contributed by atoms with Crippen LogP contribution < -0.4 is 0 Å². The van der Waals surface area contributed by atoms with Crippen LogP contribution in [0, 0.1) is 34.5 Å². The minimum absolute atomic E-state index is 0.465. The molecular formula is C22H43B. The highest BCUT2D eigenvalue weighted by Gasteiger charge is 2.48. The molecule has 2 aliphatic carbocycles. The molecule has 23 heavy (non-hydrogen) atoms. The zero-order chi connectivity index (χ0) is 17.6. The molecular weight excluding hydrogens is 275 g/mol. The number of fused-ring (bicyclic) bond motifs is 1. The van der Waals surface area contributed by atoms with E-state index in [1.807, 2.05) is 0 Å². The predicted molar refractivity (Wildman–Crippen MR) is 107 cm³/mol. The molecule has 0 nitrogen and oxygen atoms in total. The van der Waals surface area contributed by atoms with Crippen molar-refractivity contribution in [2.45, 2.75) is 106 Å². The van der Waals surface area contributed by atoms with E-state index in [0.717, 1.165) is 29.5 Å². The Kier molecular flexibility index (Phi) is 5.41. The second kappa shape index (κ2) is 6.42. The average Bonchev–Trinajstić information content (AvgIpc) is 2.32. The molecule has 1 heteroatoms. The van der Waals surface area contributed by atoms with Crippen molar-refractivity contribution < 1.29 is 0 Å². The maximum absolute atomic E-state index is 2.50. The van der Waals surface area contributed by atoms with Crippen LogP contribution in [0.15, 0.2) is 0 Å². The number of hydrogen-bond acceptors (Lipinski definition) is 0. The Morgan fingerprint density at radius 2 is 1.26 bits per heavy atom. The first-order valence-corrected chi connectivity index (χ1v) is 10.3. The maximum atomic E-state index is 2.50. The number of rotatable bonds is 1. The molecule has 2 saturated carbocycles. The van der Waals surface area contributed by atoms with Crippen LogP contribution in [-0.4, -0.2) is 7.28 Å². The molecule has 5 atom stereocenters. The fraction of sp³-hybridized carbons (Fsp3) is 1.00.